The summed E-state index contributed by atoms with van der Waals surface area (Å²) in [6.45, 7) is 2.76. The van der Waals surface area contributed by atoms with Crippen LogP contribution in [0.2, 0.25) is 5.02 Å². The molecule has 0 aliphatic carbocycles. The molecule has 0 saturated carbocycles. The summed E-state index contributed by atoms with van der Waals surface area (Å²) in [7, 11) is 2.00. The van der Waals surface area contributed by atoms with Gasteiger partial charge in [-0.2, -0.15) is 0 Å². The number of nitrogens with zero attached hydrogens (tertiary/aromatic N) is 1. The smallest absolute Gasteiger partial charge is 0.125 e. The Labute approximate surface area is 129 Å². The van der Waals surface area contributed by atoms with Gasteiger partial charge in [-0.15, -0.1) is 0 Å². The summed E-state index contributed by atoms with van der Waals surface area (Å²) in [6.07, 6.45) is 0. The Morgan fingerprint density at radius 3 is 2.48 bits per heavy atom. The molecule has 0 radical (unpaired) electrons. The summed E-state index contributed by atoms with van der Waals surface area (Å²) in [5.74, 6) is 0.352. The molecule has 1 heterocycles. The predicted octanol–water partition coefficient (Wildman–Crippen LogP) is 3.80. The lowest BCUT2D eigenvalue weighted by molar-refractivity contribution is 0.448. The lowest BCUT2D eigenvalue weighted by atomic mass is 9.94. The SMILES string of the molecule is CN(Cc1cc(F)cc(Cl)c1)c1ccc(C2CNC2)cc1. The Hall–Kier alpha value is -1.58. The molecule has 2 nitrogen and oxygen atoms in total. The van der Waals surface area contributed by atoms with Crippen LogP contribution in [0.3, 0.4) is 0 Å². The van der Waals surface area contributed by atoms with E-state index in [9.17, 15) is 4.39 Å². The largest absolute Gasteiger partial charge is 0.370 e. The van der Waals surface area contributed by atoms with Crippen LogP contribution in [0.25, 0.3) is 0 Å². The highest BCUT2D eigenvalue weighted by atomic mass is 35.5. The van der Waals surface area contributed by atoms with Crippen LogP contribution in [0, 0.1) is 5.82 Å². The Morgan fingerprint density at radius 1 is 1.19 bits per heavy atom. The third-order valence-corrected chi connectivity index (χ3v) is 4.15. The van der Waals surface area contributed by atoms with Crippen LogP contribution >= 0.6 is 11.6 Å². The second kappa shape index (κ2) is 6.04. The highest BCUT2D eigenvalue weighted by Gasteiger charge is 2.18. The highest BCUT2D eigenvalue weighted by molar-refractivity contribution is 6.30. The van der Waals surface area contributed by atoms with E-state index in [1.54, 1.807) is 6.07 Å². The van der Waals surface area contributed by atoms with Crippen molar-refractivity contribution >= 4 is 17.3 Å². The monoisotopic (exact) mass is 304 g/mol. The van der Waals surface area contributed by atoms with Gasteiger partial charge in [-0.1, -0.05) is 23.7 Å². The van der Waals surface area contributed by atoms with Gasteiger partial charge in [0, 0.05) is 43.3 Å². The van der Waals surface area contributed by atoms with E-state index in [4.69, 9.17) is 11.6 Å². The normalized spacial score (nSPS) is 14.8. The molecular weight excluding hydrogens is 287 g/mol. The third-order valence-electron chi connectivity index (χ3n) is 3.93. The maximum absolute atomic E-state index is 13.4. The van der Waals surface area contributed by atoms with E-state index in [1.807, 2.05) is 7.05 Å². The second-order valence-corrected chi connectivity index (χ2v) is 6.02. The van der Waals surface area contributed by atoms with E-state index in [0.29, 0.717) is 17.5 Å². The van der Waals surface area contributed by atoms with Gasteiger partial charge in [0.2, 0.25) is 0 Å². The molecule has 110 valence electrons. The molecule has 1 aliphatic heterocycles. The number of hydrogen-bond acceptors (Lipinski definition) is 2. The molecule has 1 aliphatic rings. The average molecular weight is 305 g/mol. The number of rotatable bonds is 4. The molecule has 1 saturated heterocycles. The zero-order valence-electron chi connectivity index (χ0n) is 11.9. The molecular formula is C17H18ClFN2. The summed E-state index contributed by atoms with van der Waals surface area (Å²) < 4.78 is 13.4. The van der Waals surface area contributed by atoms with Gasteiger partial charge in [-0.25, -0.2) is 4.39 Å². The van der Waals surface area contributed by atoms with Gasteiger partial charge in [0.05, 0.1) is 0 Å². The van der Waals surface area contributed by atoms with Crippen LogP contribution in [0.4, 0.5) is 10.1 Å². The number of nitrogens with one attached hydrogen (secondary N) is 1. The second-order valence-electron chi connectivity index (χ2n) is 5.58. The minimum Gasteiger partial charge on any atom is -0.370 e. The van der Waals surface area contributed by atoms with E-state index >= 15 is 0 Å². The number of halogens is 2. The first-order chi connectivity index (χ1) is 10.1. The van der Waals surface area contributed by atoms with Crippen LogP contribution < -0.4 is 10.2 Å². The van der Waals surface area contributed by atoms with Crippen molar-refractivity contribution in [1.82, 2.24) is 5.32 Å². The van der Waals surface area contributed by atoms with Gasteiger partial charge in [0.1, 0.15) is 5.82 Å². The predicted molar refractivity (Wildman–Crippen MR) is 85.6 cm³/mol. The fourth-order valence-electron chi connectivity index (χ4n) is 2.59. The topological polar surface area (TPSA) is 15.3 Å². The summed E-state index contributed by atoms with van der Waals surface area (Å²) >= 11 is 5.89. The molecule has 1 fully saturated rings. The zero-order chi connectivity index (χ0) is 14.8. The fourth-order valence-corrected chi connectivity index (χ4v) is 2.84. The van der Waals surface area contributed by atoms with E-state index in [2.05, 4.69) is 34.5 Å². The van der Waals surface area contributed by atoms with Gasteiger partial charge in [0.15, 0.2) is 0 Å². The van der Waals surface area contributed by atoms with E-state index in [-0.39, 0.29) is 5.82 Å². The first-order valence-corrected chi connectivity index (χ1v) is 7.46. The molecule has 1 N–H and O–H groups in total. The van der Waals surface area contributed by atoms with Crippen LogP contribution in [0.1, 0.15) is 17.0 Å². The maximum Gasteiger partial charge on any atom is 0.125 e. The van der Waals surface area contributed by atoms with Crippen molar-refractivity contribution in [2.24, 2.45) is 0 Å². The summed E-state index contributed by atoms with van der Waals surface area (Å²) in [5, 5.41) is 3.72. The summed E-state index contributed by atoms with van der Waals surface area (Å²) in [5.41, 5.74) is 3.36. The van der Waals surface area contributed by atoms with Crippen molar-refractivity contribution in [2.45, 2.75) is 12.5 Å². The van der Waals surface area contributed by atoms with Gasteiger partial charge in [0.25, 0.3) is 0 Å². The van der Waals surface area contributed by atoms with Crippen molar-refractivity contribution in [3.63, 3.8) is 0 Å². The molecule has 2 aromatic carbocycles. The van der Waals surface area contributed by atoms with E-state index < -0.39 is 0 Å². The van der Waals surface area contributed by atoms with Crippen molar-refractivity contribution < 1.29 is 4.39 Å². The lowest BCUT2D eigenvalue weighted by Gasteiger charge is -2.28. The Bertz CT molecular complexity index is 603. The minimum absolute atomic E-state index is 0.293. The van der Waals surface area contributed by atoms with Gasteiger partial charge in [-0.3, -0.25) is 0 Å². The first kappa shape index (κ1) is 14.4. The molecule has 0 spiro atoms. The highest BCUT2D eigenvalue weighted by Crippen LogP contribution is 2.24. The Morgan fingerprint density at radius 2 is 1.90 bits per heavy atom. The van der Waals surface area contributed by atoms with Crippen LogP contribution in [-0.4, -0.2) is 20.1 Å². The van der Waals surface area contributed by atoms with E-state index in [0.717, 1.165) is 24.3 Å². The fraction of sp³-hybridized carbons (Fsp3) is 0.294. The lowest BCUT2D eigenvalue weighted by Crippen LogP contribution is -2.39. The van der Waals surface area contributed by atoms with Crippen LogP contribution in [0.5, 0.6) is 0 Å². The third kappa shape index (κ3) is 3.36. The molecule has 0 amide bonds. The van der Waals surface area contributed by atoms with Crippen molar-refractivity contribution in [3.8, 4) is 0 Å². The van der Waals surface area contributed by atoms with Crippen LogP contribution in [0.15, 0.2) is 42.5 Å². The van der Waals surface area contributed by atoms with Gasteiger partial charge in [-0.05, 0) is 41.5 Å². The van der Waals surface area contributed by atoms with Crippen LogP contribution in [-0.2, 0) is 6.54 Å². The minimum atomic E-state index is -0.293. The molecule has 0 bridgehead atoms. The molecule has 2 aromatic rings. The molecule has 4 heteroatoms. The van der Waals surface area contributed by atoms with Gasteiger partial charge >= 0.3 is 0 Å². The molecule has 21 heavy (non-hydrogen) atoms. The number of anilines is 1. The quantitative estimate of drug-likeness (QED) is 0.924. The number of benzene rings is 2. The maximum atomic E-state index is 13.4. The first-order valence-electron chi connectivity index (χ1n) is 7.08. The van der Waals surface area contributed by atoms with Crippen molar-refractivity contribution in [2.75, 3.05) is 25.0 Å². The van der Waals surface area contributed by atoms with Crippen molar-refractivity contribution in [3.05, 3.63) is 64.4 Å². The summed E-state index contributed by atoms with van der Waals surface area (Å²) in [4.78, 5) is 2.09. The van der Waals surface area contributed by atoms with Gasteiger partial charge < -0.3 is 10.2 Å². The summed E-state index contributed by atoms with van der Waals surface area (Å²) in [6, 6.07) is 13.2. The average Bonchev–Trinajstić information content (AvgIpc) is 2.36. The number of hydrogen-bond donors (Lipinski definition) is 1. The molecule has 0 aromatic heterocycles. The molecule has 0 unspecified atom stereocenters. The Kier molecular flexibility index (Phi) is 4.13. The Balaban J connectivity index is 1.70. The van der Waals surface area contributed by atoms with Crippen molar-refractivity contribution in [1.29, 1.82) is 0 Å². The molecule has 3 rings (SSSR count). The molecule has 0 atom stereocenters. The zero-order valence-corrected chi connectivity index (χ0v) is 12.7. The standard InChI is InChI=1S/C17H18ClFN2/c1-21(11-12-6-15(18)8-16(19)7-12)17-4-2-13(3-5-17)14-9-20-10-14/h2-8,14,20H,9-11H2,1H3. The van der Waals surface area contributed by atoms with E-state index in [1.165, 1.54) is 17.7 Å².